The van der Waals surface area contributed by atoms with Gasteiger partial charge in [-0.3, -0.25) is 9.59 Å². The SMILES string of the molecule is NC(=O)c1ccc(NC(=O)COc2ccc(F)cc2Br)cc1. The van der Waals surface area contributed by atoms with Crippen LogP contribution in [-0.2, 0) is 4.79 Å². The van der Waals surface area contributed by atoms with E-state index in [9.17, 15) is 14.0 Å². The molecule has 0 aromatic heterocycles. The average Bonchev–Trinajstić information content (AvgIpc) is 2.47. The van der Waals surface area contributed by atoms with Gasteiger partial charge in [-0.25, -0.2) is 4.39 Å². The lowest BCUT2D eigenvalue weighted by Gasteiger charge is -2.09. The summed E-state index contributed by atoms with van der Waals surface area (Å²) in [6.07, 6.45) is 0. The first-order chi connectivity index (χ1) is 10.5. The number of halogens is 2. The minimum Gasteiger partial charge on any atom is -0.483 e. The van der Waals surface area contributed by atoms with Gasteiger partial charge in [0.05, 0.1) is 4.47 Å². The molecule has 0 fully saturated rings. The number of hydrogen-bond donors (Lipinski definition) is 2. The number of nitrogens with two attached hydrogens (primary N) is 1. The van der Waals surface area contributed by atoms with Crippen LogP contribution in [0.25, 0.3) is 0 Å². The van der Waals surface area contributed by atoms with E-state index in [1.165, 1.54) is 30.3 Å². The second-order valence-corrected chi connectivity index (χ2v) is 5.21. The highest BCUT2D eigenvalue weighted by Crippen LogP contribution is 2.25. The number of hydrogen-bond acceptors (Lipinski definition) is 3. The molecule has 0 aliphatic heterocycles. The number of primary amides is 1. The standard InChI is InChI=1S/C15H12BrFN2O3/c16-12-7-10(17)3-6-13(12)22-8-14(20)19-11-4-1-9(2-5-11)15(18)21/h1-7H,8H2,(H2,18,21)(H,19,20). The minimum absolute atomic E-state index is 0.234. The summed E-state index contributed by atoms with van der Waals surface area (Å²) >= 11 is 3.15. The third-order valence-electron chi connectivity index (χ3n) is 2.71. The van der Waals surface area contributed by atoms with Crippen LogP contribution in [0.1, 0.15) is 10.4 Å². The van der Waals surface area contributed by atoms with Crippen LogP contribution in [0.3, 0.4) is 0 Å². The van der Waals surface area contributed by atoms with Crippen LogP contribution in [0.4, 0.5) is 10.1 Å². The quantitative estimate of drug-likeness (QED) is 0.853. The van der Waals surface area contributed by atoms with E-state index in [0.717, 1.165) is 0 Å². The Morgan fingerprint density at radius 1 is 1.18 bits per heavy atom. The summed E-state index contributed by atoms with van der Waals surface area (Å²) in [5, 5.41) is 2.60. The molecule has 0 saturated heterocycles. The van der Waals surface area contributed by atoms with Crippen LogP contribution in [0, 0.1) is 5.82 Å². The molecule has 0 bridgehead atoms. The summed E-state index contributed by atoms with van der Waals surface area (Å²) in [4.78, 5) is 22.7. The number of anilines is 1. The van der Waals surface area contributed by atoms with Gasteiger partial charge in [-0.15, -0.1) is 0 Å². The average molecular weight is 367 g/mol. The first kappa shape index (κ1) is 16.0. The van der Waals surface area contributed by atoms with Crippen molar-refractivity contribution < 1.29 is 18.7 Å². The van der Waals surface area contributed by atoms with E-state index in [-0.39, 0.29) is 12.5 Å². The van der Waals surface area contributed by atoms with Gasteiger partial charge in [-0.1, -0.05) is 0 Å². The fourth-order valence-electron chi connectivity index (χ4n) is 1.65. The van der Waals surface area contributed by atoms with E-state index in [1.54, 1.807) is 12.1 Å². The molecule has 0 unspecified atom stereocenters. The summed E-state index contributed by atoms with van der Waals surface area (Å²) in [6, 6.07) is 10.0. The lowest BCUT2D eigenvalue weighted by molar-refractivity contribution is -0.118. The number of nitrogens with one attached hydrogen (secondary N) is 1. The molecule has 5 nitrogen and oxygen atoms in total. The highest BCUT2D eigenvalue weighted by Gasteiger charge is 2.07. The maximum atomic E-state index is 12.9. The van der Waals surface area contributed by atoms with Crippen molar-refractivity contribution in [2.24, 2.45) is 5.73 Å². The highest BCUT2D eigenvalue weighted by molar-refractivity contribution is 9.10. The van der Waals surface area contributed by atoms with Crippen LogP contribution < -0.4 is 15.8 Å². The second-order valence-electron chi connectivity index (χ2n) is 4.35. The first-order valence-electron chi connectivity index (χ1n) is 6.23. The molecule has 0 radical (unpaired) electrons. The molecule has 3 N–H and O–H groups in total. The number of ether oxygens (including phenoxy) is 1. The van der Waals surface area contributed by atoms with Crippen molar-refractivity contribution in [1.29, 1.82) is 0 Å². The molecule has 2 rings (SSSR count). The molecule has 7 heteroatoms. The molecule has 2 amide bonds. The minimum atomic E-state index is -0.539. The van der Waals surface area contributed by atoms with Gasteiger partial charge in [0.2, 0.25) is 5.91 Å². The van der Waals surface area contributed by atoms with E-state index in [1.807, 2.05) is 0 Å². The van der Waals surface area contributed by atoms with Gasteiger partial charge in [0, 0.05) is 11.3 Å². The van der Waals surface area contributed by atoms with Gasteiger partial charge in [0.15, 0.2) is 6.61 Å². The van der Waals surface area contributed by atoms with E-state index in [2.05, 4.69) is 21.2 Å². The number of benzene rings is 2. The van der Waals surface area contributed by atoms with Crippen LogP contribution in [0.2, 0.25) is 0 Å². The zero-order valence-electron chi connectivity index (χ0n) is 11.3. The Bertz CT molecular complexity index is 704. The zero-order chi connectivity index (χ0) is 16.1. The Kier molecular flexibility index (Phi) is 5.11. The van der Waals surface area contributed by atoms with E-state index >= 15 is 0 Å². The largest absolute Gasteiger partial charge is 0.483 e. The highest BCUT2D eigenvalue weighted by atomic mass is 79.9. The van der Waals surface area contributed by atoms with Crippen molar-refractivity contribution >= 4 is 33.4 Å². The Labute approximate surface area is 134 Å². The molecule has 22 heavy (non-hydrogen) atoms. The van der Waals surface area contributed by atoms with Crippen LogP contribution in [0.5, 0.6) is 5.75 Å². The van der Waals surface area contributed by atoms with Gasteiger partial charge in [-0.2, -0.15) is 0 Å². The fourth-order valence-corrected chi connectivity index (χ4v) is 2.12. The van der Waals surface area contributed by atoms with Crippen LogP contribution in [-0.4, -0.2) is 18.4 Å². The maximum absolute atomic E-state index is 12.9. The summed E-state index contributed by atoms with van der Waals surface area (Å²) in [7, 11) is 0. The van der Waals surface area contributed by atoms with E-state index < -0.39 is 11.7 Å². The molecule has 2 aromatic carbocycles. The topological polar surface area (TPSA) is 81.4 Å². The lowest BCUT2D eigenvalue weighted by Crippen LogP contribution is -2.20. The van der Waals surface area contributed by atoms with E-state index in [4.69, 9.17) is 10.5 Å². The Morgan fingerprint density at radius 3 is 2.45 bits per heavy atom. The molecular formula is C15H12BrFN2O3. The molecule has 0 atom stereocenters. The first-order valence-corrected chi connectivity index (χ1v) is 7.02. The number of amides is 2. The molecule has 0 aliphatic rings. The van der Waals surface area contributed by atoms with Crippen molar-refractivity contribution in [3.05, 3.63) is 58.3 Å². The Hall–Kier alpha value is -2.41. The molecular weight excluding hydrogens is 355 g/mol. The summed E-state index contributed by atoms with van der Waals surface area (Å²) in [5.41, 5.74) is 5.99. The Balaban J connectivity index is 1.91. The molecule has 0 aliphatic carbocycles. The van der Waals surface area contributed by atoms with Gasteiger partial charge in [0.1, 0.15) is 11.6 Å². The van der Waals surface area contributed by atoms with Gasteiger partial charge < -0.3 is 15.8 Å². The van der Waals surface area contributed by atoms with Crippen molar-refractivity contribution in [2.45, 2.75) is 0 Å². The fraction of sp³-hybridized carbons (Fsp3) is 0.0667. The zero-order valence-corrected chi connectivity index (χ0v) is 12.9. The molecule has 0 saturated carbocycles. The van der Waals surface area contributed by atoms with E-state index in [0.29, 0.717) is 21.5 Å². The van der Waals surface area contributed by atoms with Crippen molar-refractivity contribution in [3.63, 3.8) is 0 Å². The monoisotopic (exact) mass is 366 g/mol. The van der Waals surface area contributed by atoms with Crippen LogP contribution in [0.15, 0.2) is 46.9 Å². The van der Waals surface area contributed by atoms with Crippen molar-refractivity contribution in [3.8, 4) is 5.75 Å². The molecule has 0 spiro atoms. The van der Waals surface area contributed by atoms with Crippen LogP contribution >= 0.6 is 15.9 Å². The van der Waals surface area contributed by atoms with Gasteiger partial charge in [0.25, 0.3) is 5.91 Å². The summed E-state index contributed by atoms with van der Waals surface area (Å²) in [6.45, 7) is -0.234. The second kappa shape index (κ2) is 7.04. The molecule has 114 valence electrons. The third-order valence-corrected chi connectivity index (χ3v) is 3.33. The number of carbonyl (C=O) groups is 2. The Morgan fingerprint density at radius 2 is 1.86 bits per heavy atom. The molecule has 0 heterocycles. The predicted molar refractivity (Wildman–Crippen MR) is 83.2 cm³/mol. The number of carbonyl (C=O) groups excluding carboxylic acids is 2. The van der Waals surface area contributed by atoms with Crippen molar-refractivity contribution in [1.82, 2.24) is 0 Å². The summed E-state index contributed by atoms with van der Waals surface area (Å²) < 4.78 is 18.6. The number of rotatable bonds is 5. The summed E-state index contributed by atoms with van der Waals surface area (Å²) in [5.74, 6) is -0.968. The maximum Gasteiger partial charge on any atom is 0.262 e. The van der Waals surface area contributed by atoms with Gasteiger partial charge >= 0.3 is 0 Å². The van der Waals surface area contributed by atoms with Gasteiger partial charge in [-0.05, 0) is 58.4 Å². The van der Waals surface area contributed by atoms with Crippen molar-refractivity contribution in [2.75, 3.05) is 11.9 Å². The third kappa shape index (κ3) is 4.29. The predicted octanol–water partition coefficient (Wildman–Crippen LogP) is 2.70. The lowest BCUT2D eigenvalue weighted by atomic mass is 10.2. The molecule has 2 aromatic rings. The smallest absolute Gasteiger partial charge is 0.262 e. The normalized spacial score (nSPS) is 10.1.